The Morgan fingerprint density at radius 2 is 1.67 bits per heavy atom. The Morgan fingerprint density at radius 1 is 0.907 bits per heavy atom. The highest BCUT2D eigenvalue weighted by Gasteiger charge is 2.34. The summed E-state index contributed by atoms with van der Waals surface area (Å²) in [5, 5.41) is 30.7. The molecule has 3 N–H and O–H groups in total. The van der Waals surface area contributed by atoms with Crippen LogP contribution in [0.2, 0.25) is 0 Å². The van der Waals surface area contributed by atoms with Gasteiger partial charge in [-0.2, -0.15) is 0 Å². The van der Waals surface area contributed by atoms with E-state index in [0.717, 1.165) is 11.1 Å². The number of phenolic OH excluding ortho intramolecular Hbond substituents is 3. The first-order valence-corrected chi connectivity index (χ1v) is 14.0. The molecule has 8 heteroatoms. The number of esters is 1. The van der Waals surface area contributed by atoms with Crippen molar-refractivity contribution in [1.29, 1.82) is 0 Å². The molecule has 8 nitrogen and oxygen atoms in total. The first-order chi connectivity index (χ1) is 20.6. The molecule has 2 heterocycles. The second-order valence-electron chi connectivity index (χ2n) is 11.1. The van der Waals surface area contributed by atoms with Crippen LogP contribution in [0.4, 0.5) is 0 Å². The molecule has 0 spiro atoms. The zero-order valence-corrected chi connectivity index (χ0v) is 23.9. The van der Waals surface area contributed by atoms with Crippen LogP contribution in [0, 0.1) is 6.92 Å². The lowest BCUT2D eigenvalue weighted by Gasteiger charge is -2.26. The van der Waals surface area contributed by atoms with Crippen molar-refractivity contribution in [2.75, 3.05) is 0 Å². The number of benzene rings is 4. The maximum Gasteiger partial charge on any atom is 0.312 e. The Kier molecular flexibility index (Phi) is 7.05. The molecule has 0 saturated carbocycles. The quantitative estimate of drug-likeness (QED) is 0.111. The van der Waals surface area contributed by atoms with Crippen LogP contribution in [0.5, 0.6) is 28.7 Å². The van der Waals surface area contributed by atoms with Crippen molar-refractivity contribution >= 4 is 16.9 Å². The van der Waals surface area contributed by atoms with Crippen LogP contribution in [0.3, 0.4) is 0 Å². The van der Waals surface area contributed by atoms with Gasteiger partial charge >= 0.3 is 5.97 Å². The molecule has 1 aliphatic rings. The minimum absolute atomic E-state index is 0.0279. The number of aromatic hydroxyl groups is 3. The van der Waals surface area contributed by atoms with Gasteiger partial charge in [0.1, 0.15) is 40.6 Å². The average molecular weight is 579 g/mol. The number of phenols is 3. The second-order valence-corrected chi connectivity index (χ2v) is 11.1. The molecule has 1 aliphatic heterocycles. The molecule has 218 valence electrons. The zero-order valence-electron chi connectivity index (χ0n) is 23.9. The van der Waals surface area contributed by atoms with Crippen molar-refractivity contribution in [2.24, 2.45) is 0 Å². The topological polar surface area (TPSA) is 126 Å². The Morgan fingerprint density at radius 3 is 2.40 bits per heavy atom. The Balaban J connectivity index is 1.44. The number of carbonyl (C=O) groups is 1. The van der Waals surface area contributed by atoms with Gasteiger partial charge in [-0.3, -0.25) is 9.59 Å². The summed E-state index contributed by atoms with van der Waals surface area (Å²) in [6, 6.07) is 21.0. The molecule has 6 rings (SSSR count). The summed E-state index contributed by atoms with van der Waals surface area (Å²) in [6.45, 7) is 6.20. The molecule has 0 radical (unpaired) electrons. The summed E-state index contributed by atoms with van der Waals surface area (Å²) < 4.78 is 17.9. The third-order valence-electron chi connectivity index (χ3n) is 7.87. The fourth-order valence-corrected chi connectivity index (χ4v) is 5.49. The van der Waals surface area contributed by atoms with Crippen LogP contribution in [0.15, 0.2) is 82.0 Å². The van der Waals surface area contributed by atoms with Crippen LogP contribution >= 0.6 is 0 Å². The summed E-state index contributed by atoms with van der Waals surface area (Å²) in [6.07, 6.45) is -0.0279. The third-order valence-corrected chi connectivity index (χ3v) is 7.87. The molecule has 0 amide bonds. The van der Waals surface area contributed by atoms with Crippen LogP contribution in [-0.4, -0.2) is 21.3 Å². The molecule has 1 atom stereocenters. The number of hydrogen-bond donors (Lipinski definition) is 3. The predicted octanol–water partition coefficient (Wildman–Crippen LogP) is 7.03. The second kappa shape index (κ2) is 10.9. The zero-order chi connectivity index (χ0) is 30.4. The van der Waals surface area contributed by atoms with Crippen LogP contribution < -0.4 is 14.9 Å². The number of hydrogen-bond acceptors (Lipinski definition) is 8. The fourth-order valence-electron chi connectivity index (χ4n) is 5.49. The largest absolute Gasteiger partial charge is 0.507 e. The highest BCUT2D eigenvalue weighted by atomic mass is 16.5. The van der Waals surface area contributed by atoms with Crippen molar-refractivity contribution in [3.8, 4) is 40.1 Å². The summed E-state index contributed by atoms with van der Waals surface area (Å²) in [7, 11) is 0. The van der Waals surface area contributed by atoms with Gasteiger partial charge in [-0.05, 0) is 59.9 Å². The van der Waals surface area contributed by atoms with Gasteiger partial charge in [0.15, 0.2) is 16.9 Å². The molecular weight excluding hydrogens is 548 g/mol. The highest BCUT2D eigenvalue weighted by Crippen LogP contribution is 2.47. The molecular formula is C35H30O8. The van der Waals surface area contributed by atoms with Crippen molar-refractivity contribution in [2.45, 2.75) is 45.6 Å². The van der Waals surface area contributed by atoms with E-state index < -0.39 is 17.3 Å². The van der Waals surface area contributed by atoms with Gasteiger partial charge in [-0.1, -0.05) is 50.2 Å². The molecule has 0 fully saturated rings. The molecule has 43 heavy (non-hydrogen) atoms. The van der Waals surface area contributed by atoms with Crippen molar-refractivity contribution in [3.63, 3.8) is 0 Å². The van der Waals surface area contributed by atoms with Crippen molar-refractivity contribution in [1.82, 2.24) is 0 Å². The van der Waals surface area contributed by atoms with E-state index in [-0.39, 0.29) is 51.7 Å². The molecule has 4 aromatic carbocycles. The molecule has 0 bridgehead atoms. The summed E-state index contributed by atoms with van der Waals surface area (Å²) in [4.78, 5) is 26.3. The first-order valence-electron chi connectivity index (χ1n) is 14.0. The molecule has 0 aliphatic carbocycles. The fraction of sp³-hybridized carbons (Fsp3) is 0.200. The van der Waals surface area contributed by atoms with Gasteiger partial charge in [0.25, 0.3) is 0 Å². The summed E-state index contributed by atoms with van der Waals surface area (Å²) >= 11 is 0. The maximum absolute atomic E-state index is 13.6. The Labute approximate surface area is 247 Å². The van der Waals surface area contributed by atoms with E-state index in [2.05, 4.69) is 26.0 Å². The molecule has 0 saturated heterocycles. The standard InChI is InChI=1S/C35H30O8/c1-18(2)21-9-7-20(8-10-21)17-41-24-6-4-5-22(13-24)25-15-30(39)42-29-16-28(38)32-33(40)19(3)34(43-35(32)31(25)29)23-11-12-26(36)27(37)14-23/h4-14,16,18,25,36-38H,15,17H2,1-3H3/t25-/m1/s1. The summed E-state index contributed by atoms with van der Waals surface area (Å²) in [5.41, 5.74) is 3.60. The first kappa shape index (κ1) is 27.9. The van der Waals surface area contributed by atoms with Crippen molar-refractivity contribution < 1.29 is 34.0 Å². The minimum atomic E-state index is -0.569. The van der Waals surface area contributed by atoms with E-state index in [4.69, 9.17) is 13.9 Å². The normalized spacial score (nSPS) is 14.5. The molecule has 5 aromatic rings. The lowest BCUT2D eigenvalue weighted by Crippen LogP contribution is -2.22. The average Bonchev–Trinajstić information content (AvgIpc) is 2.99. The smallest absolute Gasteiger partial charge is 0.312 e. The van der Waals surface area contributed by atoms with E-state index in [1.54, 1.807) is 6.92 Å². The van der Waals surface area contributed by atoms with E-state index >= 15 is 0 Å². The van der Waals surface area contributed by atoms with E-state index in [9.17, 15) is 24.9 Å². The monoisotopic (exact) mass is 578 g/mol. The van der Waals surface area contributed by atoms with E-state index in [0.29, 0.717) is 29.4 Å². The lowest BCUT2D eigenvalue weighted by molar-refractivity contribution is -0.135. The molecule has 0 unspecified atom stereocenters. The van der Waals surface area contributed by atoms with Gasteiger partial charge in [0, 0.05) is 28.7 Å². The van der Waals surface area contributed by atoms with Gasteiger partial charge in [-0.15, -0.1) is 0 Å². The minimum Gasteiger partial charge on any atom is -0.507 e. The van der Waals surface area contributed by atoms with E-state index in [1.165, 1.54) is 29.8 Å². The third kappa shape index (κ3) is 5.16. The summed E-state index contributed by atoms with van der Waals surface area (Å²) in [5.74, 6) is -0.853. The van der Waals surface area contributed by atoms with Crippen LogP contribution in [-0.2, 0) is 11.4 Å². The maximum atomic E-state index is 13.6. The van der Waals surface area contributed by atoms with E-state index in [1.807, 2.05) is 36.4 Å². The lowest BCUT2D eigenvalue weighted by atomic mass is 9.84. The van der Waals surface area contributed by atoms with Crippen LogP contribution in [0.25, 0.3) is 22.3 Å². The number of ether oxygens (including phenoxy) is 2. The molecule has 1 aromatic heterocycles. The van der Waals surface area contributed by atoms with Gasteiger partial charge in [0.05, 0.1) is 6.42 Å². The Hall–Kier alpha value is -5.24. The van der Waals surface area contributed by atoms with Gasteiger partial charge in [0.2, 0.25) is 0 Å². The number of carbonyl (C=O) groups excluding carboxylic acids is 1. The number of rotatable bonds is 6. The van der Waals surface area contributed by atoms with Gasteiger partial charge < -0.3 is 29.2 Å². The highest BCUT2D eigenvalue weighted by molar-refractivity contribution is 5.93. The number of fused-ring (bicyclic) bond motifs is 3. The van der Waals surface area contributed by atoms with Crippen molar-refractivity contribution in [3.05, 3.63) is 111 Å². The Bertz CT molecular complexity index is 1940. The SMILES string of the molecule is Cc1c(-c2ccc(O)c(O)c2)oc2c3c(cc(O)c2c1=O)OC(=O)C[C@@H]3c1cccc(OCc2ccc(C(C)C)cc2)c1. The predicted molar refractivity (Wildman–Crippen MR) is 161 cm³/mol. The van der Waals surface area contributed by atoms with Gasteiger partial charge in [-0.25, -0.2) is 0 Å². The van der Waals surface area contributed by atoms with Crippen LogP contribution in [0.1, 0.15) is 59.9 Å².